The minimum Gasteiger partial charge on any atom is -0.375 e. The Labute approximate surface area is 151 Å². The van der Waals surface area contributed by atoms with E-state index in [1.807, 2.05) is 29.6 Å². The Balaban J connectivity index is 1.61. The van der Waals surface area contributed by atoms with Crippen LogP contribution in [0.2, 0.25) is 0 Å². The molecule has 0 aliphatic carbocycles. The molecule has 1 aromatic heterocycles. The third-order valence-corrected chi connectivity index (χ3v) is 4.42. The second-order valence-electron chi connectivity index (χ2n) is 5.73. The number of benzene rings is 1. The highest BCUT2D eigenvalue weighted by molar-refractivity contribution is 7.13. The fraction of sp³-hybridized carbons (Fsp3) is 0.389. The van der Waals surface area contributed by atoms with E-state index in [-0.39, 0.29) is 24.7 Å². The van der Waals surface area contributed by atoms with E-state index in [0.29, 0.717) is 11.7 Å². The summed E-state index contributed by atoms with van der Waals surface area (Å²) in [4.78, 5) is 27.9. The minimum atomic E-state index is -0.152. The van der Waals surface area contributed by atoms with Crippen LogP contribution in [0, 0.1) is 0 Å². The monoisotopic (exact) mass is 360 g/mol. The lowest BCUT2D eigenvalue weighted by atomic mass is 10.1. The highest BCUT2D eigenvalue weighted by Crippen LogP contribution is 2.13. The van der Waals surface area contributed by atoms with Crippen molar-refractivity contribution in [1.29, 1.82) is 0 Å². The quantitative estimate of drug-likeness (QED) is 0.599. The first-order chi connectivity index (χ1) is 12.1. The number of carbonyl (C=O) groups excluding carboxylic acids is 2. The van der Waals surface area contributed by atoms with Crippen molar-refractivity contribution in [2.45, 2.75) is 39.0 Å². The molecule has 6 nitrogen and oxygen atoms in total. The van der Waals surface area contributed by atoms with Gasteiger partial charge in [0.1, 0.15) is 0 Å². The smallest absolute Gasteiger partial charge is 0.224 e. The van der Waals surface area contributed by atoms with Gasteiger partial charge in [-0.15, -0.1) is 11.3 Å². The summed E-state index contributed by atoms with van der Waals surface area (Å²) in [6.45, 7) is 2.63. The molecule has 0 saturated heterocycles. The lowest BCUT2D eigenvalue weighted by Gasteiger charge is -2.07. The third kappa shape index (κ3) is 6.93. The number of nitrogen functional groups attached to an aromatic ring is 1. The summed E-state index contributed by atoms with van der Waals surface area (Å²) in [7, 11) is 0. The molecule has 0 fully saturated rings. The van der Waals surface area contributed by atoms with E-state index in [1.54, 1.807) is 0 Å². The fourth-order valence-corrected chi connectivity index (χ4v) is 2.94. The van der Waals surface area contributed by atoms with Crippen molar-refractivity contribution in [1.82, 2.24) is 10.3 Å². The van der Waals surface area contributed by atoms with Gasteiger partial charge in [-0.3, -0.25) is 9.59 Å². The predicted octanol–water partition coefficient (Wildman–Crippen LogP) is 2.76. The zero-order valence-electron chi connectivity index (χ0n) is 14.4. The predicted molar refractivity (Wildman–Crippen MR) is 102 cm³/mol. The van der Waals surface area contributed by atoms with Crippen LogP contribution in [-0.2, 0) is 22.4 Å². The van der Waals surface area contributed by atoms with E-state index in [0.717, 1.165) is 36.2 Å². The first-order valence-electron chi connectivity index (χ1n) is 8.42. The van der Waals surface area contributed by atoms with E-state index in [2.05, 4.69) is 22.5 Å². The standard InChI is InChI=1S/C18H24N4O2S/c1-2-13-5-3-6-14(11-13)21-17(24)9-8-16(23)20-10-4-7-15-12-25-18(19)22-15/h3,5-6,11-12H,2,4,7-10H2,1H3,(H2,19,22)(H,20,23)(H,21,24). The molecule has 4 N–H and O–H groups in total. The third-order valence-electron chi connectivity index (χ3n) is 3.70. The Kier molecular flexibility index (Phi) is 7.40. The van der Waals surface area contributed by atoms with Crippen molar-refractivity contribution < 1.29 is 9.59 Å². The molecule has 0 spiro atoms. The second kappa shape index (κ2) is 9.78. The topological polar surface area (TPSA) is 97.1 Å². The highest BCUT2D eigenvalue weighted by atomic mass is 32.1. The number of amides is 2. The van der Waals surface area contributed by atoms with Crippen LogP contribution in [0.3, 0.4) is 0 Å². The van der Waals surface area contributed by atoms with Crippen molar-refractivity contribution in [2.75, 3.05) is 17.6 Å². The maximum atomic E-state index is 11.9. The van der Waals surface area contributed by atoms with Crippen molar-refractivity contribution in [3.8, 4) is 0 Å². The molecule has 25 heavy (non-hydrogen) atoms. The molecule has 7 heteroatoms. The van der Waals surface area contributed by atoms with E-state index < -0.39 is 0 Å². The average molecular weight is 360 g/mol. The summed E-state index contributed by atoms with van der Waals surface area (Å²) in [6.07, 6.45) is 2.85. The molecule has 2 aromatic rings. The molecule has 134 valence electrons. The van der Waals surface area contributed by atoms with Crippen LogP contribution in [0.15, 0.2) is 29.6 Å². The van der Waals surface area contributed by atoms with E-state index >= 15 is 0 Å². The normalized spacial score (nSPS) is 10.4. The number of aromatic nitrogens is 1. The number of hydrogen-bond donors (Lipinski definition) is 3. The van der Waals surface area contributed by atoms with Crippen LogP contribution >= 0.6 is 11.3 Å². The Morgan fingerprint density at radius 1 is 1.24 bits per heavy atom. The van der Waals surface area contributed by atoms with Gasteiger partial charge < -0.3 is 16.4 Å². The lowest BCUT2D eigenvalue weighted by Crippen LogP contribution is -2.26. The molecule has 0 radical (unpaired) electrons. The molecular weight excluding hydrogens is 336 g/mol. The first-order valence-corrected chi connectivity index (χ1v) is 9.30. The molecule has 0 aliphatic heterocycles. The summed E-state index contributed by atoms with van der Waals surface area (Å²) in [5.41, 5.74) is 8.45. The van der Waals surface area contributed by atoms with Gasteiger partial charge in [0.15, 0.2) is 5.13 Å². The van der Waals surface area contributed by atoms with Crippen LogP contribution in [-0.4, -0.2) is 23.3 Å². The summed E-state index contributed by atoms with van der Waals surface area (Å²) < 4.78 is 0. The number of rotatable bonds is 9. The number of hydrogen-bond acceptors (Lipinski definition) is 5. The number of anilines is 2. The fourth-order valence-electron chi connectivity index (χ4n) is 2.34. The summed E-state index contributed by atoms with van der Waals surface area (Å²) >= 11 is 1.42. The van der Waals surface area contributed by atoms with Crippen LogP contribution < -0.4 is 16.4 Å². The van der Waals surface area contributed by atoms with E-state index in [9.17, 15) is 9.59 Å². The maximum Gasteiger partial charge on any atom is 0.224 e. The molecule has 0 saturated carbocycles. The molecule has 0 aliphatic rings. The van der Waals surface area contributed by atoms with Gasteiger partial charge in [0.25, 0.3) is 0 Å². The molecular formula is C18H24N4O2S. The van der Waals surface area contributed by atoms with E-state index in [1.165, 1.54) is 11.3 Å². The number of thiazole rings is 1. The Hall–Kier alpha value is -2.41. The second-order valence-corrected chi connectivity index (χ2v) is 6.62. The number of nitrogens with one attached hydrogen (secondary N) is 2. The van der Waals surface area contributed by atoms with Crippen LogP contribution in [0.4, 0.5) is 10.8 Å². The van der Waals surface area contributed by atoms with Crippen molar-refractivity contribution in [3.05, 3.63) is 40.9 Å². The van der Waals surface area contributed by atoms with Crippen molar-refractivity contribution >= 4 is 34.0 Å². The van der Waals surface area contributed by atoms with Gasteiger partial charge in [-0.1, -0.05) is 19.1 Å². The summed E-state index contributed by atoms with van der Waals surface area (Å²) in [5, 5.41) is 8.14. The van der Waals surface area contributed by atoms with Crippen molar-refractivity contribution in [3.63, 3.8) is 0 Å². The average Bonchev–Trinajstić information content (AvgIpc) is 3.02. The Morgan fingerprint density at radius 3 is 2.76 bits per heavy atom. The van der Waals surface area contributed by atoms with Gasteiger partial charge in [-0.25, -0.2) is 4.98 Å². The van der Waals surface area contributed by atoms with Gasteiger partial charge in [-0.05, 0) is 37.0 Å². The number of nitrogens with two attached hydrogens (primary N) is 1. The molecule has 1 aromatic carbocycles. The Bertz CT molecular complexity index is 715. The Morgan fingerprint density at radius 2 is 2.04 bits per heavy atom. The van der Waals surface area contributed by atoms with Crippen molar-refractivity contribution in [2.24, 2.45) is 0 Å². The molecule has 2 rings (SSSR count). The minimum absolute atomic E-state index is 0.116. The molecule has 0 unspecified atom stereocenters. The maximum absolute atomic E-state index is 11.9. The SMILES string of the molecule is CCc1cccc(NC(=O)CCC(=O)NCCCc2csc(N)n2)c1. The van der Waals surface area contributed by atoms with Crippen LogP contribution in [0.5, 0.6) is 0 Å². The zero-order chi connectivity index (χ0) is 18.1. The molecule has 0 atom stereocenters. The van der Waals surface area contributed by atoms with Gasteiger partial charge in [0.05, 0.1) is 5.69 Å². The van der Waals surface area contributed by atoms with Gasteiger partial charge in [0.2, 0.25) is 11.8 Å². The van der Waals surface area contributed by atoms with Gasteiger partial charge in [-0.2, -0.15) is 0 Å². The van der Waals surface area contributed by atoms with Gasteiger partial charge in [0, 0.05) is 30.5 Å². The molecule has 0 bridgehead atoms. The number of nitrogens with zero attached hydrogens (tertiary/aromatic N) is 1. The zero-order valence-corrected chi connectivity index (χ0v) is 15.2. The largest absolute Gasteiger partial charge is 0.375 e. The first kappa shape index (κ1) is 18.9. The molecule has 2 amide bonds. The van der Waals surface area contributed by atoms with Crippen LogP contribution in [0.1, 0.15) is 37.4 Å². The summed E-state index contributed by atoms with van der Waals surface area (Å²) in [6, 6.07) is 7.73. The highest BCUT2D eigenvalue weighted by Gasteiger charge is 2.07. The number of aryl methyl sites for hydroxylation is 2. The van der Waals surface area contributed by atoms with Gasteiger partial charge >= 0.3 is 0 Å². The molecule has 1 heterocycles. The lowest BCUT2D eigenvalue weighted by molar-refractivity contribution is -0.124. The number of carbonyl (C=O) groups is 2. The van der Waals surface area contributed by atoms with Crippen LogP contribution in [0.25, 0.3) is 0 Å². The summed E-state index contributed by atoms with van der Waals surface area (Å²) in [5.74, 6) is -0.267. The van der Waals surface area contributed by atoms with E-state index in [4.69, 9.17) is 5.73 Å².